The number of carbonyl (C=O) groups excluding carboxylic acids is 2. The molecular weight excluding hydrogens is 457 g/mol. The second-order valence-corrected chi connectivity index (χ2v) is 9.89. The van der Waals surface area contributed by atoms with Crippen molar-refractivity contribution in [2.45, 2.75) is 24.8 Å². The summed E-state index contributed by atoms with van der Waals surface area (Å²) in [7, 11) is -3.97. The Morgan fingerprint density at radius 1 is 1.03 bits per heavy atom. The average molecular weight is 482 g/mol. The van der Waals surface area contributed by atoms with Crippen LogP contribution < -0.4 is 10.0 Å². The number of hydrogen-bond acceptors (Lipinski definition) is 4. The van der Waals surface area contributed by atoms with Crippen LogP contribution in [0.15, 0.2) is 77.7 Å². The molecule has 7 nitrogen and oxygen atoms in total. The van der Waals surface area contributed by atoms with Crippen LogP contribution in [0.1, 0.15) is 17.5 Å². The Bertz CT molecular complexity index is 1310. The molecule has 1 unspecified atom stereocenters. The summed E-state index contributed by atoms with van der Waals surface area (Å²) in [6.45, 7) is 2.37. The minimum Gasteiger partial charge on any atom is -0.338 e. The molecule has 0 aliphatic carbocycles. The van der Waals surface area contributed by atoms with Gasteiger partial charge in [-0.3, -0.25) is 14.3 Å². The first kappa shape index (κ1) is 23.4. The van der Waals surface area contributed by atoms with Gasteiger partial charge in [0, 0.05) is 30.9 Å². The van der Waals surface area contributed by atoms with Crippen LogP contribution in [0.5, 0.6) is 0 Å². The predicted molar refractivity (Wildman–Crippen MR) is 127 cm³/mol. The molecule has 34 heavy (non-hydrogen) atoms. The molecule has 0 saturated carbocycles. The first-order valence-corrected chi connectivity index (χ1v) is 12.2. The summed E-state index contributed by atoms with van der Waals surface area (Å²) < 4.78 is 41.3. The number of rotatable bonds is 7. The van der Waals surface area contributed by atoms with Crippen LogP contribution in [0.4, 0.5) is 15.8 Å². The van der Waals surface area contributed by atoms with E-state index >= 15 is 0 Å². The van der Waals surface area contributed by atoms with E-state index in [0.29, 0.717) is 24.3 Å². The van der Waals surface area contributed by atoms with E-state index in [0.717, 1.165) is 17.7 Å². The number of hydrogen-bond donors (Lipinski definition) is 2. The number of sulfonamides is 1. The van der Waals surface area contributed by atoms with Gasteiger partial charge in [0.1, 0.15) is 5.82 Å². The highest BCUT2D eigenvalue weighted by Crippen LogP contribution is 2.25. The lowest BCUT2D eigenvalue weighted by molar-refractivity contribution is -0.128. The van der Waals surface area contributed by atoms with Gasteiger partial charge in [0.05, 0.1) is 10.8 Å². The molecule has 1 atom stereocenters. The maximum Gasteiger partial charge on any atom is 0.262 e. The molecular formula is C25H24FN3O4S. The van der Waals surface area contributed by atoms with Gasteiger partial charge in [0.25, 0.3) is 10.0 Å². The number of amides is 2. The van der Waals surface area contributed by atoms with Gasteiger partial charge in [0.15, 0.2) is 0 Å². The topological polar surface area (TPSA) is 95.6 Å². The van der Waals surface area contributed by atoms with Crippen molar-refractivity contribution >= 4 is 33.2 Å². The molecule has 9 heteroatoms. The van der Waals surface area contributed by atoms with Crippen molar-refractivity contribution in [2.75, 3.05) is 16.6 Å². The molecule has 176 valence electrons. The van der Waals surface area contributed by atoms with Gasteiger partial charge in [-0.25, -0.2) is 12.8 Å². The second kappa shape index (κ2) is 9.64. The van der Waals surface area contributed by atoms with Crippen molar-refractivity contribution < 1.29 is 22.4 Å². The van der Waals surface area contributed by atoms with Crippen molar-refractivity contribution in [1.29, 1.82) is 0 Å². The molecule has 4 rings (SSSR count). The highest BCUT2D eigenvalue weighted by molar-refractivity contribution is 7.92. The maximum absolute atomic E-state index is 13.1. The third-order valence-corrected chi connectivity index (χ3v) is 7.17. The van der Waals surface area contributed by atoms with Crippen molar-refractivity contribution in [3.8, 4) is 0 Å². The summed E-state index contributed by atoms with van der Waals surface area (Å²) in [6.07, 6.45) is 0.0990. The van der Waals surface area contributed by atoms with E-state index in [2.05, 4.69) is 10.0 Å². The summed E-state index contributed by atoms with van der Waals surface area (Å²) in [5, 5.41) is 2.74. The molecule has 1 aliphatic heterocycles. The van der Waals surface area contributed by atoms with Crippen molar-refractivity contribution in [1.82, 2.24) is 4.90 Å². The number of benzene rings is 3. The monoisotopic (exact) mass is 481 g/mol. The molecule has 1 saturated heterocycles. The number of nitrogens with zero attached hydrogens (tertiary/aromatic N) is 1. The summed E-state index contributed by atoms with van der Waals surface area (Å²) >= 11 is 0. The summed E-state index contributed by atoms with van der Waals surface area (Å²) in [5.74, 6) is -1.45. The summed E-state index contributed by atoms with van der Waals surface area (Å²) in [4.78, 5) is 26.9. The highest BCUT2D eigenvalue weighted by Gasteiger charge is 2.34. The maximum atomic E-state index is 13.1. The molecule has 0 radical (unpaired) electrons. The Morgan fingerprint density at radius 2 is 1.71 bits per heavy atom. The molecule has 0 spiro atoms. The molecule has 2 amide bonds. The molecule has 0 bridgehead atoms. The van der Waals surface area contributed by atoms with Gasteiger partial charge in [-0.15, -0.1) is 0 Å². The zero-order valence-electron chi connectivity index (χ0n) is 18.5. The predicted octanol–water partition coefficient (Wildman–Crippen LogP) is 3.92. The average Bonchev–Trinajstić information content (AvgIpc) is 3.17. The van der Waals surface area contributed by atoms with Crippen LogP contribution in [0.3, 0.4) is 0 Å². The SMILES string of the molecule is Cc1ccc(NC(=O)C2CC(=O)N(Cc3ccccc3)C2)cc1S(=O)(=O)Nc1ccc(F)cc1. The minimum absolute atomic E-state index is 0.0113. The fourth-order valence-electron chi connectivity index (χ4n) is 3.84. The van der Waals surface area contributed by atoms with E-state index in [1.54, 1.807) is 24.0 Å². The fraction of sp³-hybridized carbons (Fsp3) is 0.200. The van der Waals surface area contributed by atoms with E-state index < -0.39 is 21.8 Å². The number of halogens is 1. The lowest BCUT2D eigenvalue weighted by atomic mass is 10.1. The molecule has 3 aromatic carbocycles. The fourth-order valence-corrected chi connectivity index (χ4v) is 5.17. The van der Waals surface area contributed by atoms with Crippen LogP contribution in [0.25, 0.3) is 0 Å². The number of carbonyl (C=O) groups is 2. The molecule has 1 fully saturated rings. The van der Waals surface area contributed by atoms with Crippen LogP contribution in [-0.2, 0) is 26.2 Å². The Hall–Kier alpha value is -3.72. The van der Waals surface area contributed by atoms with E-state index in [-0.39, 0.29) is 28.8 Å². The smallest absolute Gasteiger partial charge is 0.262 e. The van der Waals surface area contributed by atoms with Gasteiger partial charge < -0.3 is 10.2 Å². The van der Waals surface area contributed by atoms with E-state index in [1.807, 2.05) is 30.3 Å². The molecule has 1 heterocycles. The van der Waals surface area contributed by atoms with Crippen LogP contribution >= 0.6 is 0 Å². The van der Waals surface area contributed by atoms with Gasteiger partial charge in [-0.2, -0.15) is 0 Å². The number of likely N-dealkylation sites (tertiary alicyclic amines) is 1. The first-order valence-electron chi connectivity index (χ1n) is 10.7. The number of anilines is 2. The first-order chi connectivity index (χ1) is 16.2. The Labute approximate surface area is 197 Å². The Balaban J connectivity index is 1.45. The van der Waals surface area contributed by atoms with E-state index in [1.165, 1.54) is 18.2 Å². The lowest BCUT2D eigenvalue weighted by Gasteiger charge is -2.17. The summed E-state index contributed by atoms with van der Waals surface area (Å²) in [5.41, 5.74) is 2.00. The normalized spacial score (nSPS) is 15.9. The standard InChI is InChI=1S/C25H24FN3O4S/c1-17-7-10-22(14-23(17)34(32,33)28-21-11-8-20(26)9-12-21)27-25(31)19-13-24(30)29(16-19)15-18-5-3-2-4-6-18/h2-12,14,19,28H,13,15-16H2,1H3,(H,27,31). The third kappa shape index (κ3) is 5.43. The van der Waals surface area contributed by atoms with E-state index in [4.69, 9.17) is 0 Å². The molecule has 0 aromatic heterocycles. The highest BCUT2D eigenvalue weighted by atomic mass is 32.2. The number of nitrogens with one attached hydrogen (secondary N) is 2. The molecule has 3 aromatic rings. The second-order valence-electron chi connectivity index (χ2n) is 8.24. The van der Waals surface area contributed by atoms with Gasteiger partial charge in [-0.1, -0.05) is 36.4 Å². The zero-order valence-corrected chi connectivity index (χ0v) is 19.3. The molecule has 2 N–H and O–H groups in total. The summed E-state index contributed by atoms with van der Waals surface area (Å²) in [6, 6.07) is 19.1. The Kier molecular flexibility index (Phi) is 6.65. The van der Waals surface area contributed by atoms with Gasteiger partial charge in [0.2, 0.25) is 11.8 Å². The van der Waals surface area contributed by atoms with Gasteiger partial charge >= 0.3 is 0 Å². The lowest BCUT2D eigenvalue weighted by Crippen LogP contribution is -2.28. The largest absolute Gasteiger partial charge is 0.338 e. The van der Waals surface area contributed by atoms with Crippen molar-refractivity contribution in [3.05, 3.63) is 89.7 Å². The van der Waals surface area contributed by atoms with Crippen LogP contribution in [0.2, 0.25) is 0 Å². The Morgan fingerprint density at radius 3 is 2.41 bits per heavy atom. The minimum atomic E-state index is -3.97. The van der Waals surface area contributed by atoms with Crippen LogP contribution in [0, 0.1) is 18.7 Å². The van der Waals surface area contributed by atoms with Crippen molar-refractivity contribution in [2.24, 2.45) is 5.92 Å². The van der Waals surface area contributed by atoms with Gasteiger partial charge in [-0.05, 0) is 54.4 Å². The third-order valence-electron chi connectivity index (χ3n) is 5.64. The van der Waals surface area contributed by atoms with Crippen LogP contribution in [-0.4, -0.2) is 31.7 Å². The zero-order chi connectivity index (χ0) is 24.3. The molecule has 1 aliphatic rings. The number of aryl methyl sites for hydroxylation is 1. The van der Waals surface area contributed by atoms with Crippen molar-refractivity contribution in [3.63, 3.8) is 0 Å². The van der Waals surface area contributed by atoms with E-state index in [9.17, 15) is 22.4 Å². The quantitative estimate of drug-likeness (QED) is 0.535.